The number of aromatic nitrogens is 3. The number of aromatic carboxylic acids is 1. The van der Waals surface area contributed by atoms with Crippen LogP contribution in [0, 0.1) is 5.92 Å². The molecule has 0 atom stereocenters. The minimum atomic E-state index is -1.05. The monoisotopic (exact) mass is 400 g/mol. The number of pyridine rings is 1. The van der Waals surface area contributed by atoms with Gasteiger partial charge in [-0.25, -0.2) is 14.8 Å². The van der Waals surface area contributed by atoms with Crippen LogP contribution in [0.25, 0.3) is 33.3 Å². The molecule has 5 rings (SSSR count). The number of fused-ring (bicyclic) bond motifs is 3. The molecule has 1 saturated heterocycles. The second kappa shape index (κ2) is 7.88. The Bertz CT molecular complexity index is 1210. The summed E-state index contributed by atoms with van der Waals surface area (Å²) in [6.45, 7) is 2.94. The Morgan fingerprint density at radius 2 is 1.77 bits per heavy atom. The number of benzene rings is 2. The summed E-state index contributed by atoms with van der Waals surface area (Å²) < 4.78 is 2.21. The highest BCUT2D eigenvalue weighted by Gasteiger charge is 2.23. The van der Waals surface area contributed by atoms with Crippen molar-refractivity contribution in [2.75, 3.05) is 13.1 Å². The maximum atomic E-state index is 12.0. The van der Waals surface area contributed by atoms with Gasteiger partial charge >= 0.3 is 5.97 Å². The van der Waals surface area contributed by atoms with Crippen molar-refractivity contribution >= 4 is 27.9 Å². The van der Waals surface area contributed by atoms with E-state index in [9.17, 15) is 9.90 Å². The predicted molar refractivity (Wildman–Crippen MR) is 118 cm³/mol. The van der Waals surface area contributed by atoms with Crippen LogP contribution in [-0.4, -0.2) is 38.7 Å². The minimum Gasteiger partial charge on any atom is -0.476 e. The van der Waals surface area contributed by atoms with Gasteiger partial charge in [-0.3, -0.25) is 0 Å². The van der Waals surface area contributed by atoms with Gasteiger partial charge < -0.3 is 15.0 Å². The van der Waals surface area contributed by atoms with Crippen LogP contribution in [0.15, 0.2) is 54.6 Å². The molecule has 0 spiro atoms. The third-order valence-electron chi connectivity index (χ3n) is 6.04. The van der Waals surface area contributed by atoms with Gasteiger partial charge in [0.1, 0.15) is 11.3 Å². The quantitative estimate of drug-likeness (QED) is 0.521. The summed E-state index contributed by atoms with van der Waals surface area (Å²) in [6, 6.07) is 17.7. The fraction of sp³-hybridized carbons (Fsp3) is 0.292. The molecule has 4 aromatic rings. The van der Waals surface area contributed by atoms with Crippen LogP contribution < -0.4 is 5.32 Å². The first kappa shape index (κ1) is 18.8. The molecule has 30 heavy (non-hydrogen) atoms. The molecule has 2 aromatic carbocycles. The molecule has 0 bridgehead atoms. The largest absolute Gasteiger partial charge is 0.476 e. The van der Waals surface area contributed by atoms with Gasteiger partial charge in [0.15, 0.2) is 5.69 Å². The van der Waals surface area contributed by atoms with E-state index >= 15 is 0 Å². The predicted octanol–water partition coefficient (Wildman–Crippen LogP) is 4.34. The molecule has 6 nitrogen and oxygen atoms in total. The number of nitrogens with zero attached hydrogens (tertiary/aromatic N) is 3. The molecule has 2 N–H and O–H groups in total. The van der Waals surface area contributed by atoms with Crippen molar-refractivity contribution < 1.29 is 9.90 Å². The van der Waals surface area contributed by atoms with Crippen LogP contribution in [0.2, 0.25) is 0 Å². The van der Waals surface area contributed by atoms with E-state index in [1.165, 1.54) is 12.8 Å². The maximum absolute atomic E-state index is 12.0. The van der Waals surface area contributed by atoms with Gasteiger partial charge in [0, 0.05) is 17.5 Å². The average Bonchev–Trinajstić information content (AvgIpc) is 3.18. The number of hydrogen-bond donors (Lipinski definition) is 2. The molecule has 6 heteroatoms. The number of rotatable bonds is 5. The zero-order chi connectivity index (χ0) is 20.5. The molecule has 0 amide bonds. The van der Waals surface area contributed by atoms with Crippen LogP contribution in [0.3, 0.4) is 0 Å². The first-order chi connectivity index (χ1) is 14.7. The van der Waals surface area contributed by atoms with Gasteiger partial charge in [0.05, 0.1) is 11.0 Å². The van der Waals surface area contributed by atoms with E-state index in [1.807, 2.05) is 54.6 Å². The second-order valence-corrected chi connectivity index (χ2v) is 7.92. The van der Waals surface area contributed by atoms with Crippen LogP contribution in [0.4, 0.5) is 0 Å². The number of imidazole rings is 1. The first-order valence-electron chi connectivity index (χ1n) is 10.5. The van der Waals surface area contributed by atoms with E-state index in [4.69, 9.17) is 4.98 Å². The Labute approximate surface area is 174 Å². The lowest BCUT2D eigenvalue weighted by molar-refractivity contribution is 0.0693. The lowest BCUT2D eigenvalue weighted by Crippen LogP contribution is -2.28. The lowest BCUT2D eigenvalue weighted by Gasteiger charge is -2.23. The van der Waals surface area contributed by atoms with Crippen molar-refractivity contribution in [3.8, 4) is 11.4 Å². The molecule has 1 fully saturated rings. The van der Waals surface area contributed by atoms with Crippen LogP contribution in [0.5, 0.6) is 0 Å². The number of aryl methyl sites for hydroxylation is 1. The molecule has 1 aliphatic heterocycles. The molecule has 0 unspecified atom stereocenters. The number of carboxylic acids is 1. The van der Waals surface area contributed by atoms with Crippen molar-refractivity contribution in [3.63, 3.8) is 0 Å². The molecule has 0 saturated carbocycles. The molecular weight excluding hydrogens is 376 g/mol. The number of nitrogens with one attached hydrogen (secondary N) is 1. The number of piperidine rings is 1. The molecule has 3 heterocycles. The van der Waals surface area contributed by atoms with Crippen molar-refractivity contribution in [2.45, 2.75) is 25.8 Å². The first-order valence-corrected chi connectivity index (χ1v) is 10.5. The SMILES string of the molecule is O=C(O)c1nc2ccccc2c2c1nc(-c1ccccc1)n2CCC1CCNCC1. The summed E-state index contributed by atoms with van der Waals surface area (Å²) in [6.07, 6.45) is 3.40. The Hall–Kier alpha value is -3.25. The lowest BCUT2D eigenvalue weighted by atomic mass is 9.94. The fourth-order valence-corrected chi connectivity index (χ4v) is 4.49. The van der Waals surface area contributed by atoms with Crippen molar-refractivity contribution in [1.82, 2.24) is 19.9 Å². The van der Waals surface area contributed by atoms with Gasteiger partial charge in [0.2, 0.25) is 0 Å². The number of hydrogen-bond acceptors (Lipinski definition) is 4. The fourth-order valence-electron chi connectivity index (χ4n) is 4.49. The smallest absolute Gasteiger partial charge is 0.356 e. The van der Waals surface area contributed by atoms with E-state index < -0.39 is 5.97 Å². The van der Waals surface area contributed by atoms with E-state index in [1.54, 1.807) is 0 Å². The Morgan fingerprint density at radius 1 is 1.03 bits per heavy atom. The zero-order valence-corrected chi connectivity index (χ0v) is 16.7. The Morgan fingerprint density at radius 3 is 2.53 bits per heavy atom. The molecular formula is C24H24N4O2. The van der Waals surface area contributed by atoms with Gasteiger partial charge in [-0.05, 0) is 44.3 Å². The average molecular weight is 400 g/mol. The Kier molecular flexibility index (Phi) is 4.93. The number of carbonyl (C=O) groups is 1. The van der Waals surface area contributed by atoms with E-state index in [-0.39, 0.29) is 5.69 Å². The standard InChI is InChI=1S/C24H24N4O2/c29-24(30)21-20-22(18-8-4-5-9-19(18)26-21)28(15-12-16-10-13-25-14-11-16)23(27-20)17-6-2-1-3-7-17/h1-9,16,25H,10-15H2,(H,29,30). The molecule has 0 radical (unpaired) electrons. The number of para-hydroxylation sites is 1. The van der Waals surface area contributed by atoms with Crippen LogP contribution in [-0.2, 0) is 6.54 Å². The third kappa shape index (κ3) is 3.33. The number of carboxylic acid groups (broad SMARTS) is 1. The zero-order valence-electron chi connectivity index (χ0n) is 16.7. The van der Waals surface area contributed by atoms with Crippen molar-refractivity contribution in [3.05, 3.63) is 60.3 Å². The summed E-state index contributed by atoms with van der Waals surface area (Å²) in [4.78, 5) is 21.2. The van der Waals surface area contributed by atoms with Gasteiger partial charge in [0.25, 0.3) is 0 Å². The maximum Gasteiger partial charge on any atom is 0.356 e. The van der Waals surface area contributed by atoms with Crippen molar-refractivity contribution in [1.29, 1.82) is 0 Å². The Balaban J connectivity index is 1.73. The van der Waals surface area contributed by atoms with Crippen LogP contribution >= 0.6 is 0 Å². The normalized spacial score (nSPS) is 15.1. The van der Waals surface area contributed by atoms with E-state index in [0.29, 0.717) is 17.0 Å². The minimum absolute atomic E-state index is 0.0153. The highest BCUT2D eigenvalue weighted by atomic mass is 16.4. The molecule has 1 aliphatic rings. The van der Waals surface area contributed by atoms with Gasteiger partial charge in [-0.15, -0.1) is 0 Å². The van der Waals surface area contributed by atoms with Gasteiger partial charge in [-0.2, -0.15) is 0 Å². The summed E-state index contributed by atoms with van der Waals surface area (Å²) in [5.41, 5.74) is 3.02. The highest BCUT2D eigenvalue weighted by Crippen LogP contribution is 2.32. The van der Waals surface area contributed by atoms with Crippen LogP contribution in [0.1, 0.15) is 29.8 Å². The summed E-state index contributed by atoms with van der Waals surface area (Å²) in [7, 11) is 0. The molecule has 152 valence electrons. The van der Waals surface area contributed by atoms with Gasteiger partial charge in [-0.1, -0.05) is 48.5 Å². The highest BCUT2D eigenvalue weighted by molar-refractivity contribution is 6.11. The molecule has 0 aliphatic carbocycles. The topological polar surface area (TPSA) is 80.0 Å². The van der Waals surface area contributed by atoms with E-state index in [0.717, 1.165) is 48.3 Å². The van der Waals surface area contributed by atoms with E-state index in [2.05, 4.69) is 14.9 Å². The third-order valence-corrected chi connectivity index (χ3v) is 6.04. The summed E-state index contributed by atoms with van der Waals surface area (Å²) in [5.74, 6) is 0.424. The molecule has 2 aromatic heterocycles. The summed E-state index contributed by atoms with van der Waals surface area (Å²) in [5, 5.41) is 14.2. The van der Waals surface area contributed by atoms with Crippen molar-refractivity contribution in [2.24, 2.45) is 5.92 Å². The summed E-state index contributed by atoms with van der Waals surface area (Å²) >= 11 is 0. The second-order valence-electron chi connectivity index (χ2n) is 7.92.